The Labute approximate surface area is 190 Å². The Morgan fingerprint density at radius 2 is 1.88 bits per heavy atom. The van der Waals surface area contributed by atoms with Crippen LogP contribution in [-0.4, -0.2) is 27.8 Å². The Bertz CT molecular complexity index is 1220. The van der Waals surface area contributed by atoms with Crippen LogP contribution in [0.3, 0.4) is 0 Å². The zero-order chi connectivity index (χ0) is 22.5. The molecule has 2 aromatic carbocycles. The number of carbonyl (C=O) groups is 2. The molecule has 5 N–H and O–H groups in total. The van der Waals surface area contributed by atoms with E-state index in [1.165, 1.54) is 0 Å². The van der Waals surface area contributed by atoms with E-state index in [2.05, 4.69) is 20.6 Å². The predicted octanol–water partition coefficient (Wildman–Crippen LogP) is 3.46. The number of nitrogen functional groups attached to an aromatic ring is 1. The van der Waals surface area contributed by atoms with Gasteiger partial charge in [-0.15, -0.1) is 0 Å². The SMILES string of the molecule is Nc1ccc(CNC(=O)[C@H](Cc2cccc(Cl)c2)NC(=O)c2cc3ccccc3[nH]2)cn1. The number of H-pyrrole nitrogens is 1. The minimum absolute atomic E-state index is 0.264. The average Bonchev–Trinajstić information content (AvgIpc) is 3.23. The summed E-state index contributed by atoms with van der Waals surface area (Å²) in [7, 11) is 0. The fraction of sp³-hybridized carbons (Fsp3) is 0.125. The first-order valence-electron chi connectivity index (χ1n) is 10.1. The summed E-state index contributed by atoms with van der Waals surface area (Å²) >= 11 is 6.10. The Balaban J connectivity index is 1.51. The molecule has 1 atom stereocenters. The topological polar surface area (TPSA) is 113 Å². The molecule has 0 aliphatic rings. The lowest BCUT2D eigenvalue weighted by molar-refractivity contribution is -0.123. The summed E-state index contributed by atoms with van der Waals surface area (Å²) in [5.41, 5.74) is 8.48. The predicted molar refractivity (Wildman–Crippen MR) is 125 cm³/mol. The first-order chi connectivity index (χ1) is 15.5. The minimum Gasteiger partial charge on any atom is -0.384 e. The van der Waals surface area contributed by atoms with Gasteiger partial charge in [0, 0.05) is 35.1 Å². The van der Waals surface area contributed by atoms with E-state index in [0.717, 1.165) is 22.0 Å². The molecule has 0 bridgehead atoms. The highest BCUT2D eigenvalue weighted by atomic mass is 35.5. The molecule has 0 aliphatic carbocycles. The van der Waals surface area contributed by atoms with E-state index in [1.807, 2.05) is 36.4 Å². The number of hydrogen-bond acceptors (Lipinski definition) is 4. The van der Waals surface area contributed by atoms with Crippen molar-refractivity contribution in [1.82, 2.24) is 20.6 Å². The van der Waals surface area contributed by atoms with Gasteiger partial charge in [0.05, 0.1) is 0 Å². The number of anilines is 1. The summed E-state index contributed by atoms with van der Waals surface area (Å²) in [5, 5.41) is 7.19. The molecule has 2 aromatic heterocycles. The van der Waals surface area contributed by atoms with Crippen LogP contribution < -0.4 is 16.4 Å². The molecule has 8 heteroatoms. The monoisotopic (exact) mass is 447 g/mol. The maximum absolute atomic E-state index is 13.0. The van der Waals surface area contributed by atoms with Crippen molar-refractivity contribution in [3.8, 4) is 0 Å². The van der Waals surface area contributed by atoms with E-state index in [-0.39, 0.29) is 18.4 Å². The molecular weight excluding hydrogens is 426 g/mol. The second-order valence-corrected chi connectivity index (χ2v) is 7.88. The number of carbonyl (C=O) groups excluding carboxylic acids is 2. The third-order valence-electron chi connectivity index (χ3n) is 5.04. The molecule has 7 nitrogen and oxygen atoms in total. The third-order valence-corrected chi connectivity index (χ3v) is 5.27. The molecule has 4 rings (SSSR count). The summed E-state index contributed by atoms with van der Waals surface area (Å²) in [5.74, 6) is -0.270. The molecule has 2 heterocycles. The molecule has 2 amide bonds. The van der Waals surface area contributed by atoms with Crippen LogP contribution in [0.2, 0.25) is 5.02 Å². The molecule has 0 saturated carbocycles. The second-order valence-electron chi connectivity index (χ2n) is 7.44. The van der Waals surface area contributed by atoms with Gasteiger partial charge in [-0.05, 0) is 41.5 Å². The quantitative estimate of drug-likeness (QED) is 0.347. The molecule has 0 radical (unpaired) electrons. The molecule has 0 fully saturated rings. The van der Waals surface area contributed by atoms with Crippen LogP contribution in [-0.2, 0) is 17.8 Å². The van der Waals surface area contributed by atoms with Crippen LogP contribution in [0, 0.1) is 0 Å². The second kappa shape index (κ2) is 9.53. The number of aromatic nitrogens is 2. The molecule has 0 aliphatic heterocycles. The molecular formula is C24H22ClN5O2. The highest BCUT2D eigenvalue weighted by Gasteiger charge is 2.23. The van der Waals surface area contributed by atoms with Crippen molar-refractivity contribution in [2.75, 3.05) is 5.73 Å². The van der Waals surface area contributed by atoms with Crippen LogP contribution in [0.25, 0.3) is 10.9 Å². The van der Waals surface area contributed by atoms with Crippen molar-refractivity contribution < 1.29 is 9.59 Å². The van der Waals surface area contributed by atoms with Gasteiger partial charge >= 0.3 is 0 Å². The standard InChI is InChI=1S/C24H22ClN5O2/c25-18-6-3-4-15(10-18)11-20(23(31)28-14-16-8-9-22(26)27-13-16)30-24(32)21-12-17-5-1-2-7-19(17)29-21/h1-10,12-13,20,29H,11,14H2,(H2,26,27)(H,28,31)(H,30,32)/t20-/m0/s1. The van der Waals surface area contributed by atoms with Gasteiger partial charge < -0.3 is 21.4 Å². The Morgan fingerprint density at radius 3 is 2.62 bits per heavy atom. The normalized spacial score (nSPS) is 11.8. The van der Waals surface area contributed by atoms with Crippen LogP contribution in [0.4, 0.5) is 5.82 Å². The van der Waals surface area contributed by atoms with Gasteiger partial charge in [-0.2, -0.15) is 0 Å². The number of aromatic amines is 1. The number of nitrogens with one attached hydrogen (secondary N) is 3. The van der Waals surface area contributed by atoms with E-state index >= 15 is 0 Å². The number of nitrogens with two attached hydrogens (primary N) is 1. The highest BCUT2D eigenvalue weighted by Crippen LogP contribution is 2.16. The molecule has 4 aromatic rings. The number of rotatable bonds is 7. The smallest absolute Gasteiger partial charge is 0.268 e. The van der Waals surface area contributed by atoms with E-state index in [1.54, 1.807) is 36.5 Å². The Hall–Kier alpha value is -3.84. The Kier molecular flexibility index (Phi) is 6.37. The van der Waals surface area contributed by atoms with Gasteiger partial charge in [-0.1, -0.05) is 48.0 Å². The molecule has 0 spiro atoms. The van der Waals surface area contributed by atoms with Gasteiger partial charge in [0.25, 0.3) is 5.91 Å². The molecule has 0 unspecified atom stereocenters. The van der Waals surface area contributed by atoms with Crippen molar-refractivity contribution in [2.24, 2.45) is 0 Å². The van der Waals surface area contributed by atoms with E-state index < -0.39 is 6.04 Å². The number of nitrogens with zero attached hydrogens (tertiary/aromatic N) is 1. The number of pyridine rings is 1. The summed E-state index contributed by atoms with van der Waals surface area (Å²) in [4.78, 5) is 33.0. The van der Waals surface area contributed by atoms with E-state index in [4.69, 9.17) is 17.3 Å². The molecule has 32 heavy (non-hydrogen) atoms. The number of fused-ring (bicyclic) bond motifs is 1. The van der Waals surface area contributed by atoms with Crippen molar-refractivity contribution >= 4 is 40.1 Å². The number of para-hydroxylation sites is 1. The lowest BCUT2D eigenvalue weighted by Crippen LogP contribution is -2.48. The van der Waals surface area contributed by atoms with Gasteiger partial charge in [0.15, 0.2) is 0 Å². The van der Waals surface area contributed by atoms with Crippen molar-refractivity contribution in [3.63, 3.8) is 0 Å². The van der Waals surface area contributed by atoms with E-state index in [9.17, 15) is 9.59 Å². The molecule has 0 saturated heterocycles. The van der Waals surface area contributed by atoms with Crippen molar-refractivity contribution in [3.05, 3.63) is 94.8 Å². The van der Waals surface area contributed by atoms with Crippen LogP contribution in [0.5, 0.6) is 0 Å². The molecule has 162 valence electrons. The fourth-order valence-corrected chi connectivity index (χ4v) is 3.61. The number of hydrogen-bond donors (Lipinski definition) is 4. The first kappa shape index (κ1) is 21.4. The summed E-state index contributed by atoms with van der Waals surface area (Å²) < 4.78 is 0. The lowest BCUT2D eigenvalue weighted by atomic mass is 10.0. The van der Waals surface area contributed by atoms with Gasteiger partial charge in [-0.3, -0.25) is 9.59 Å². The maximum atomic E-state index is 13.0. The Morgan fingerprint density at radius 1 is 1.03 bits per heavy atom. The number of halogens is 1. The third kappa shape index (κ3) is 5.25. The van der Waals surface area contributed by atoms with Crippen LogP contribution >= 0.6 is 11.6 Å². The number of amides is 2. The largest absolute Gasteiger partial charge is 0.384 e. The minimum atomic E-state index is -0.797. The fourth-order valence-electron chi connectivity index (χ4n) is 3.39. The van der Waals surface area contributed by atoms with Crippen molar-refractivity contribution in [2.45, 2.75) is 19.0 Å². The van der Waals surface area contributed by atoms with Gasteiger partial charge in [-0.25, -0.2) is 4.98 Å². The maximum Gasteiger partial charge on any atom is 0.268 e. The summed E-state index contributed by atoms with van der Waals surface area (Å²) in [6, 6.07) is 19.2. The van der Waals surface area contributed by atoms with E-state index in [0.29, 0.717) is 23.0 Å². The van der Waals surface area contributed by atoms with Gasteiger partial charge in [0.1, 0.15) is 17.6 Å². The van der Waals surface area contributed by atoms with Gasteiger partial charge in [0.2, 0.25) is 5.91 Å². The first-order valence-corrected chi connectivity index (χ1v) is 10.5. The average molecular weight is 448 g/mol. The summed E-state index contributed by atoms with van der Waals surface area (Å²) in [6.07, 6.45) is 1.89. The van der Waals surface area contributed by atoms with Crippen LogP contribution in [0.15, 0.2) is 72.9 Å². The summed E-state index contributed by atoms with van der Waals surface area (Å²) in [6.45, 7) is 0.264. The zero-order valence-electron chi connectivity index (χ0n) is 17.1. The lowest BCUT2D eigenvalue weighted by Gasteiger charge is -2.18. The van der Waals surface area contributed by atoms with Crippen molar-refractivity contribution in [1.29, 1.82) is 0 Å². The zero-order valence-corrected chi connectivity index (χ0v) is 17.9. The highest BCUT2D eigenvalue weighted by molar-refractivity contribution is 6.30. The number of benzene rings is 2. The van der Waals surface area contributed by atoms with Crippen LogP contribution in [0.1, 0.15) is 21.6 Å².